The molecule has 0 aromatic heterocycles. The van der Waals surface area contributed by atoms with Gasteiger partial charge in [0.05, 0.1) is 6.54 Å². The third-order valence-electron chi connectivity index (χ3n) is 5.34. The summed E-state index contributed by atoms with van der Waals surface area (Å²) < 4.78 is 12.2. The molecule has 1 aliphatic rings. The number of para-hydroxylation sites is 1. The first-order valence-corrected chi connectivity index (χ1v) is 12.1. The summed E-state index contributed by atoms with van der Waals surface area (Å²) in [7, 11) is -0.703. The molecule has 1 aromatic rings. The number of rotatable bonds is 9. The van der Waals surface area contributed by atoms with Crippen LogP contribution in [-0.4, -0.2) is 46.3 Å². The van der Waals surface area contributed by atoms with E-state index in [1.54, 1.807) is 0 Å². The van der Waals surface area contributed by atoms with Crippen molar-refractivity contribution < 1.29 is 4.21 Å². The molecule has 2 rings (SSSR count). The highest BCUT2D eigenvalue weighted by atomic mass is 32.2. The monoisotopic (exact) mass is 406 g/mol. The van der Waals surface area contributed by atoms with Gasteiger partial charge in [-0.05, 0) is 44.2 Å². The molecular weight excluding hydrogens is 368 g/mol. The molecule has 0 radical (unpaired) electrons. The molecule has 0 amide bonds. The van der Waals surface area contributed by atoms with Gasteiger partial charge in [0.25, 0.3) is 0 Å². The topological polar surface area (TPSA) is 65.5 Å². The largest absolute Gasteiger partial charge is 0.380 e. The molecule has 3 N–H and O–H groups in total. The zero-order valence-corrected chi connectivity index (χ0v) is 18.7. The van der Waals surface area contributed by atoms with E-state index in [-0.39, 0.29) is 6.04 Å². The average Bonchev–Trinajstić information content (AvgIpc) is 2.71. The van der Waals surface area contributed by atoms with Crippen LogP contribution in [-0.2, 0) is 10.8 Å². The van der Waals surface area contributed by atoms with Crippen molar-refractivity contribution in [1.82, 2.24) is 10.6 Å². The maximum absolute atomic E-state index is 12.2. The lowest BCUT2D eigenvalue weighted by molar-refractivity contribution is 0.413. The van der Waals surface area contributed by atoms with Crippen LogP contribution in [0.2, 0.25) is 0 Å². The highest BCUT2D eigenvalue weighted by Crippen LogP contribution is 2.23. The number of benzene rings is 1. The summed E-state index contributed by atoms with van der Waals surface area (Å²) >= 11 is 0. The fraction of sp³-hybridized carbons (Fsp3) is 0.682. The second-order valence-corrected chi connectivity index (χ2v) is 9.89. The van der Waals surface area contributed by atoms with Crippen molar-refractivity contribution in [3.63, 3.8) is 0 Å². The number of hydrogen-bond donors (Lipinski definition) is 3. The maximum Gasteiger partial charge on any atom is 0.191 e. The Morgan fingerprint density at radius 3 is 2.61 bits per heavy atom. The predicted octanol–water partition coefficient (Wildman–Crippen LogP) is 3.76. The molecule has 0 aliphatic heterocycles. The fourth-order valence-corrected chi connectivity index (χ4v) is 4.97. The Balaban J connectivity index is 1.98. The zero-order chi connectivity index (χ0) is 20.4. The Labute approximate surface area is 173 Å². The van der Waals surface area contributed by atoms with E-state index in [0.717, 1.165) is 49.6 Å². The van der Waals surface area contributed by atoms with E-state index in [9.17, 15) is 4.21 Å². The van der Waals surface area contributed by atoms with Gasteiger partial charge in [0.15, 0.2) is 5.96 Å². The molecule has 0 saturated heterocycles. The van der Waals surface area contributed by atoms with Crippen LogP contribution in [0.25, 0.3) is 0 Å². The van der Waals surface area contributed by atoms with Crippen molar-refractivity contribution in [3.8, 4) is 0 Å². The summed E-state index contributed by atoms with van der Waals surface area (Å²) in [5.74, 6) is 2.10. The summed E-state index contributed by atoms with van der Waals surface area (Å²) in [5, 5.41) is 10.9. The molecule has 0 heterocycles. The fourth-order valence-electron chi connectivity index (χ4n) is 3.63. The van der Waals surface area contributed by atoms with E-state index in [2.05, 4.69) is 48.9 Å². The highest BCUT2D eigenvalue weighted by Gasteiger charge is 2.26. The van der Waals surface area contributed by atoms with Crippen LogP contribution >= 0.6 is 0 Å². The molecule has 4 atom stereocenters. The van der Waals surface area contributed by atoms with Gasteiger partial charge in [-0.1, -0.05) is 45.4 Å². The first-order chi connectivity index (χ1) is 13.5. The van der Waals surface area contributed by atoms with Crippen molar-refractivity contribution in [2.24, 2.45) is 10.9 Å². The van der Waals surface area contributed by atoms with Crippen LogP contribution in [0.15, 0.2) is 35.3 Å². The number of nitrogens with one attached hydrogen (secondary N) is 3. The lowest BCUT2D eigenvalue weighted by atomic mass is 9.95. The second kappa shape index (κ2) is 12.1. The molecule has 0 bridgehead atoms. The molecule has 1 saturated carbocycles. The Morgan fingerprint density at radius 2 is 1.96 bits per heavy atom. The average molecular weight is 407 g/mol. The zero-order valence-electron chi connectivity index (χ0n) is 17.9. The predicted molar refractivity (Wildman–Crippen MR) is 123 cm³/mol. The van der Waals surface area contributed by atoms with Gasteiger partial charge in [-0.2, -0.15) is 0 Å². The van der Waals surface area contributed by atoms with Crippen LogP contribution < -0.4 is 16.0 Å². The molecule has 158 valence electrons. The smallest absolute Gasteiger partial charge is 0.191 e. The standard InChI is InChI=1S/C22H38N4OS/c1-5-23-22(26-19-13-10-14-20(15-19)28(27)6-2)24-16-21(17(3)4)25-18-11-8-7-9-12-18/h7-9,11-12,17,19-21,25H,5-6,10,13-16H2,1-4H3,(H2,23,24,26). The van der Waals surface area contributed by atoms with Crippen LogP contribution in [0.4, 0.5) is 5.69 Å². The molecule has 0 spiro atoms. The number of anilines is 1. The molecule has 1 aromatic carbocycles. The van der Waals surface area contributed by atoms with Crippen molar-refractivity contribution in [1.29, 1.82) is 0 Å². The maximum atomic E-state index is 12.2. The second-order valence-electron chi connectivity index (χ2n) is 7.88. The minimum atomic E-state index is -0.703. The van der Waals surface area contributed by atoms with E-state index >= 15 is 0 Å². The number of guanidine groups is 1. The van der Waals surface area contributed by atoms with Crippen molar-refractivity contribution in [3.05, 3.63) is 30.3 Å². The molecule has 1 fully saturated rings. The van der Waals surface area contributed by atoms with E-state index in [0.29, 0.717) is 23.8 Å². The van der Waals surface area contributed by atoms with Crippen molar-refractivity contribution in [2.45, 2.75) is 70.7 Å². The highest BCUT2D eigenvalue weighted by molar-refractivity contribution is 7.85. The van der Waals surface area contributed by atoms with Crippen molar-refractivity contribution >= 4 is 22.4 Å². The Kier molecular flexibility index (Phi) is 9.82. The van der Waals surface area contributed by atoms with Gasteiger partial charge in [0.1, 0.15) is 0 Å². The Hall–Kier alpha value is -1.56. The Morgan fingerprint density at radius 1 is 1.21 bits per heavy atom. The van der Waals surface area contributed by atoms with Crippen LogP contribution in [0.1, 0.15) is 53.4 Å². The number of hydrogen-bond acceptors (Lipinski definition) is 3. The summed E-state index contributed by atoms with van der Waals surface area (Å²) in [6.07, 6.45) is 4.32. The summed E-state index contributed by atoms with van der Waals surface area (Å²) in [6.45, 7) is 10.1. The molecule has 6 heteroatoms. The van der Waals surface area contributed by atoms with Crippen LogP contribution in [0.5, 0.6) is 0 Å². The van der Waals surface area contributed by atoms with Gasteiger partial charge in [-0.15, -0.1) is 0 Å². The van der Waals surface area contributed by atoms with Crippen molar-refractivity contribution in [2.75, 3.05) is 24.2 Å². The third-order valence-corrected chi connectivity index (χ3v) is 7.08. The van der Waals surface area contributed by atoms with Crippen LogP contribution in [0, 0.1) is 5.92 Å². The minimum Gasteiger partial charge on any atom is -0.380 e. The lowest BCUT2D eigenvalue weighted by Crippen LogP contribution is -2.47. The van der Waals surface area contributed by atoms with Gasteiger partial charge in [0, 0.05) is 46.1 Å². The minimum absolute atomic E-state index is 0.268. The molecule has 28 heavy (non-hydrogen) atoms. The molecule has 4 unspecified atom stereocenters. The van der Waals surface area contributed by atoms with Gasteiger partial charge in [0.2, 0.25) is 0 Å². The van der Waals surface area contributed by atoms with E-state index < -0.39 is 10.8 Å². The first-order valence-electron chi connectivity index (χ1n) is 10.8. The van der Waals surface area contributed by atoms with Gasteiger partial charge in [-0.3, -0.25) is 9.20 Å². The summed E-state index contributed by atoms with van der Waals surface area (Å²) in [5.41, 5.74) is 1.13. The molecular formula is C22H38N4OS. The molecule has 1 aliphatic carbocycles. The van der Waals surface area contributed by atoms with Gasteiger partial charge >= 0.3 is 0 Å². The first kappa shape index (κ1) is 22.7. The SMILES string of the molecule is CCNC(=NCC(Nc1ccccc1)C(C)C)NC1CCCC(S(=O)CC)C1. The normalized spacial score (nSPS) is 22.5. The third kappa shape index (κ3) is 7.46. The van der Waals surface area contributed by atoms with Crippen LogP contribution in [0.3, 0.4) is 0 Å². The van der Waals surface area contributed by atoms with E-state index in [1.807, 2.05) is 25.1 Å². The van der Waals surface area contributed by atoms with E-state index in [1.165, 1.54) is 0 Å². The molecule has 5 nitrogen and oxygen atoms in total. The number of nitrogens with zero attached hydrogens (tertiary/aromatic N) is 1. The quantitative estimate of drug-likeness (QED) is 0.432. The number of aliphatic imine (C=N–C) groups is 1. The lowest BCUT2D eigenvalue weighted by Gasteiger charge is -2.30. The van der Waals surface area contributed by atoms with E-state index in [4.69, 9.17) is 4.99 Å². The van der Waals surface area contributed by atoms with Gasteiger partial charge in [-0.25, -0.2) is 0 Å². The Bertz CT molecular complexity index is 620. The summed E-state index contributed by atoms with van der Waals surface area (Å²) in [4.78, 5) is 4.87. The summed E-state index contributed by atoms with van der Waals surface area (Å²) in [6, 6.07) is 10.9. The van der Waals surface area contributed by atoms with Gasteiger partial charge < -0.3 is 16.0 Å².